The lowest BCUT2D eigenvalue weighted by atomic mass is 9.96. The fourth-order valence-corrected chi connectivity index (χ4v) is 4.34. The van der Waals surface area contributed by atoms with Crippen molar-refractivity contribution in [1.82, 2.24) is 19.7 Å². The number of aromatic nitrogens is 4. The van der Waals surface area contributed by atoms with E-state index in [2.05, 4.69) is 25.3 Å². The van der Waals surface area contributed by atoms with Crippen LogP contribution in [0.1, 0.15) is 63.3 Å². The van der Waals surface area contributed by atoms with Gasteiger partial charge in [-0.05, 0) is 64.9 Å². The summed E-state index contributed by atoms with van der Waals surface area (Å²) in [5.74, 6) is 1.89. The maximum atomic E-state index is 12.1. The van der Waals surface area contributed by atoms with E-state index in [1.807, 2.05) is 19.9 Å². The van der Waals surface area contributed by atoms with Gasteiger partial charge in [0, 0.05) is 36.5 Å². The topological polar surface area (TPSA) is 75.9 Å². The second-order valence-corrected chi connectivity index (χ2v) is 8.15. The molecule has 1 saturated heterocycles. The number of nitrogens with one attached hydrogen (secondary N) is 1. The van der Waals surface area contributed by atoms with Crippen molar-refractivity contribution in [3.05, 3.63) is 40.1 Å². The van der Waals surface area contributed by atoms with Crippen LogP contribution in [0, 0.1) is 0 Å². The normalized spacial score (nSPS) is 19.5. The monoisotopic (exact) mass is 382 g/mol. The molecule has 2 aliphatic rings. The highest BCUT2D eigenvalue weighted by Gasteiger charge is 2.25. The average molecular weight is 383 g/mol. The van der Waals surface area contributed by atoms with Crippen molar-refractivity contribution in [2.45, 2.75) is 70.9 Å². The number of nitrogens with zero attached hydrogens (tertiary/aromatic N) is 5. The summed E-state index contributed by atoms with van der Waals surface area (Å²) in [6.07, 6.45) is 9.73. The number of hydrogen-bond donors (Lipinski definition) is 1. The van der Waals surface area contributed by atoms with Gasteiger partial charge in [-0.15, -0.1) is 0 Å². The van der Waals surface area contributed by atoms with Crippen LogP contribution in [0.3, 0.4) is 0 Å². The number of fused-ring (bicyclic) bond motifs is 1. The van der Waals surface area contributed by atoms with E-state index in [1.54, 1.807) is 17.1 Å². The van der Waals surface area contributed by atoms with Crippen LogP contribution >= 0.6 is 0 Å². The van der Waals surface area contributed by atoms with Gasteiger partial charge in [0.15, 0.2) is 0 Å². The molecular weight excluding hydrogens is 352 g/mol. The van der Waals surface area contributed by atoms with Crippen molar-refractivity contribution in [3.63, 3.8) is 0 Å². The number of rotatable bonds is 5. The van der Waals surface area contributed by atoms with E-state index >= 15 is 0 Å². The zero-order valence-corrected chi connectivity index (χ0v) is 16.9. The van der Waals surface area contributed by atoms with Gasteiger partial charge in [-0.3, -0.25) is 4.79 Å². The lowest BCUT2D eigenvalue weighted by Gasteiger charge is -2.37. The molecule has 2 aromatic heterocycles. The fraction of sp³-hybridized carbons (Fsp3) is 0.619. The van der Waals surface area contributed by atoms with Gasteiger partial charge < -0.3 is 10.2 Å². The highest BCUT2D eigenvalue weighted by molar-refractivity contribution is 5.48. The summed E-state index contributed by atoms with van der Waals surface area (Å²) in [5.41, 5.74) is 2.45. The molecule has 1 atom stereocenters. The lowest BCUT2D eigenvalue weighted by Crippen LogP contribution is -2.45. The highest BCUT2D eigenvalue weighted by Crippen LogP contribution is 2.26. The van der Waals surface area contributed by atoms with E-state index in [9.17, 15) is 4.79 Å². The lowest BCUT2D eigenvalue weighted by molar-refractivity contribution is 0.451. The van der Waals surface area contributed by atoms with E-state index in [-0.39, 0.29) is 11.6 Å². The molecule has 1 aliphatic heterocycles. The molecule has 0 aromatic carbocycles. The van der Waals surface area contributed by atoms with Crippen molar-refractivity contribution in [3.8, 4) is 0 Å². The van der Waals surface area contributed by atoms with Crippen LogP contribution in [0.4, 0.5) is 11.6 Å². The summed E-state index contributed by atoms with van der Waals surface area (Å²) in [4.78, 5) is 23.4. The zero-order valence-electron chi connectivity index (χ0n) is 16.9. The Balaban J connectivity index is 1.52. The van der Waals surface area contributed by atoms with Gasteiger partial charge in [-0.2, -0.15) is 5.10 Å². The Bertz CT molecular complexity index is 877. The van der Waals surface area contributed by atoms with Gasteiger partial charge in [-0.25, -0.2) is 14.6 Å². The second-order valence-electron chi connectivity index (χ2n) is 8.15. The number of piperidine rings is 1. The minimum absolute atomic E-state index is 0.0435. The zero-order chi connectivity index (χ0) is 19.5. The Morgan fingerprint density at radius 1 is 1.14 bits per heavy atom. The standard InChI is InChI=1S/C21H30N6O/c1-15(2)27-20(28)11-10-19(25-27)26-12-6-5-7-16(26)13-22-21-17-8-3-4-9-18(17)23-14-24-21/h10-11,14-16H,3-9,12-13H2,1-2H3,(H,22,23,24). The minimum atomic E-state index is -0.0435. The number of hydrogen-bond acceptors (Lipinski definition) is 6. The second kappa shape index (κ2) is 8.29. The largest absolute Gasteiger partial charge is 0.368 e. The molecule has 0 radical (unpaired) electrons. The number of anilines is 2. The molecule has 150 valence electrons. The quantitative estimate of drug-likeness (QED) is 0.857. The molecular formula is C21H30N6O. The van der Waals surface area contributed by atoms with Crippen LogP contribution in [0.15, 0.2) is 23.3 Å². The van der Waals surface area contributed by atoms with E-state index in [0.29, 0.717) is 6.04 Å². The van der Waals surface area contributed by atoms with Gasteiger partial charge in [0.25, 0.3) is 5.56 Å². The van der Waals surface area contributed by atoms with Crippen molar-refractivity contribution in [1.29, 1.82) is 0 Å². The van der Waals surface area contributed by atoms with Gasteiger partial charge >= 0.3 is 0 Å². The summed E-state index contributed by atoms with van der Waals surface area (Å²) in [6.45, 7) is 5.78. The first-order valence-corrected chi connectivity index (χ1v) is 10.6. The summed E-state index contributed by atoms with van der Waals surface area (Å²) < 4.78 is 1.58. The summed E-state index contributed by atoms with van der Waals surface area (Å²) in [6, 6.07) is 3.91. The molecule has 0 amide bonds. The maximum Gasteiger partial charge on any atom is 0.267 e. The van der Waals surface area contributed by atoms with E-state index in [1.165, 1.54) is 30.5 Å². The Morgan fingerprint density at radius 3 is 2.86 bits per heavy atom. The van der Waals surface area contributed by atoms with Gasteiger partial charge in [0.05, 0.1) is 6.04 Å². The van der Waals surface area contributed by atoms with Crippen molar-refractivity contribution >= 4 is 11.6 Å². The molecule has 0 spiro atoms. The van der Waals surface area contributed by atoms with Crippen LogP contribution in [0.2, 0.25) is 0 Å². The Hall–Kier alpha value is -2.44. The fourth-order valence-electron chi connectivity index (χ4n) is 4.34. The first kappa shape index (κ1) is 18.9. The molecule has 1 aliphatic carbocycles. The van der Waals surface area contributed by atoms with Crippen LogP contribution in [-0.2, 0) is 12.8 Å². The van der Waals surface area contributed by atoms with Crippen LogP contribution in [0.25, 0.3) is 0 Å². The van der Waals surface area contributed by atoms with Crippen molar-refractivity contribution in [2.75, 3.05) is 23.3 Å². The van der Waals surface area contributed by atoms with Crippen LogP contribution < -0.4 is 15.8 Å². The molecule has 28 heavy (non-hydrogen) atoms. The molecule has 7 heteroatoms. The Labute approximate surface area is 166 Å². The van der Waals surface area contributed by atoms with Gasteiger partial charge in [-0.1, -0.05) is 0 Å². The molecule has 1 N–H and O–H groups in total. The van der Waals surface area contributed by atoms with E-state index in [4.69, 9.17) is 0 Å². The maximum absolute atomic E-state index is 12.1. The third-order valence-corrected chi connectivity index (χ3v) is 5.85. The first-order chi connectivity index (χ1) is 13.6. The third-order valence-electron chi connectivity index (χ3n) is 5.85. The molecule has 0 saturated carbocycles. The summed E-state index contributed by atoms with van der Waals surface area (Å²) in [5, 5.41) is 8.25. The molecule has 1 unspecified atom stereocenters. The molecule has 7 nitrogen and oxygen atoms in total. The predicted octanol–water partition coefficient (Wildman–Crippen LogP) is 2.96. The third kappa shape index (κ3) is 3.88. The Morgan fingerprint density at radius 2 is 2.00 bits per heavy atom. The number of aryl methyl sites for hydroxylation is 1. The van der Waals surface area contributed by atoms with Crippen molar-refractivity contribution < 1.29 is 0 Å². The first-order valence-electron chi connectivity index (χ1n) is 10.6. The molecule has 0 bridgehead atoms. The molecule has 3 heterocycles. The minimum Gasteiger partial charge on any atom is -0.368 e. The highest BCUT2D eigenvalue weighted by atomic mass is 16.1. The van der Waals surface area contributed by atoms with Gasteiger partial charge in [0.1, 0.15) is 18.0 Å². The van der Waals surface area contributed by atoms with Crippen LogP contribution in [0.5, 0.6) is 0 Å². The Kier molecular flexibility index (Phi) is 5.59. The van der Waals surface area contributed by atoms with E-state index in [0.717, 1.165) is 50.4 Å². The predicted molar refractivity (Wildman–Crippen MR) is 111 cm³/mol. The van der Waals surface area contributed by atoms with E-state index < -0.39 is 0 Å². The average Bonchev–Trinajstić information content (AvgIpc) is 2.72. The van der Waals surface area contributed by atoms with Crippen LogP contribution in [-0.4, -0.2) is 38.9 Å². The SMILES string of the molecule is CC(C)n1nc(N2CCCCC2CNc2ncnc3c2CCCC3)ccc1=O. The molecule has 1 fully saturated rings. The molecule has 4 rings (SSSR count). The van der Waals surface area contributed by atoms with Gasteiger partial charge in [0.2, 0.25) is 0 Å². The summed E-state index contributed by atoms with van der Waals surface area (Å²) >= 11 is 0. The molecule has 2 aromatic rings. The summed E-state index contributed by atoms with van der Waals surface area (Å²) in [7, 11) is 0. The smallest absolute Gasteiger partial charge is 0.267 e. The van der Waals surface area contributed by atoms with Crippen molar-refractivity contribution in [2.24, 2.45) is 0 Å².